The van der Waals surface area contributed by atoms with Crippen LogP contribution in [0.2, 0.25) is 0 Å². The molecule has 0 aromatic heterocycles. The summed E-state index contributed by atoms with van der Waals surface area (Å²) < 4.78 is 48.6. The van der Waals surface area contributed by atoms with Crippen LogP contribution in [0.3, 0.4) is 0 Å². The van der Waals surface area contributed by atoms with Gasteiger partial charge in [0.25, 0.3) is 10.1 Å². The van der Waals surface area contributed by atoms with Crippen LogP contribution in [0.15, 0.2) is 0 Å². The maximum Gasteiger partial charge on any atom is 1.00 e. The molecule has 0 spiro atoms. The molecule has 0 aliphatic rings. The van der Waals surface area contributed by atoms with Crippen molar-refractivity contribution in [2.75, 3.05) is 17.8 Å². The van der Waals surface area contributed by atoms with Crippen LogP contribution in [0, 0.1) is 0 Å². The molecule has 0 saturated carbocycles. The quantitative estimate of drug-likeness (QED) is 0.381. The SMILES string of the molecule is CS(=O)(=O)CCS(=O)(=O)O.[H-].[Na+]. The van der Waals surface area contributed by atoms with Crippen molar-refractivity contribution in [2.24, 2.45) is 0 Å². The third-order valence-electron chi connectivity index (χ3n) is 0.712. The van der Waals surface area contributed by atoms with Gasteiger partial charge < -0.3 is 1.43 Å². The molecule has 0 aliphatic carbocycles. The Morgan fingerprint density at radius 3 is 1.64 bits per heavy atom. The van der Waals surface area contributed by atoms with Crippen molar-refractivity contribution in [1.29, 1.82) is 0 Å². The van der Waals surface area contributed by atoms with Crippen molar-refractivity contribution in [3.63, 3.8) is 0 Å². The van der Waals surface area contributed by atoms with Crippen molar-refractivity contribution in [1.82, 2.24) is 0 Å². The molecule has 0 fully saturated rings. The van der Waals surface area contributed by atoms with E-state index in [-0.39, 0.29) is 31.0 Å². The van der Waals surface area contributed by atoms with Gasteiger partial charge in [0.05, 0.1) is 11.5 Å². The van der Waals surface area contributed by atoms with Crippen molar-refractivity contribution in [2.45, 2.75) is 0 Å². The van der Waals surface area contributed by atoms with Crippen LogP contribution in [-0.4, -0.2) is 39.1 Å². The number of sulfone groups is 1. The van der Waals surface area contributed by atoms with Gasteiger partial charge in [-0.05, 0) is 0 Å². The van der Waals surface area contributed by atoms with E-state index >= 15 is 0 Å². The number of hydrogen-bond acceptors (Lipinski definition) is 4. The summed E-state index contributed by atoms with van der Waals surface area (Å²) in [4.78, 5) is 0. The van der Waals surface area contributed by atoms with Crippen LogP contribution >= 0.6 is 0 Å². The first-order valence-electron chi connectivity index (χ1n) is 2.33. The Bertz CT molecular complexity index is 261. The van der Waals surface area contributed by atoms with Gasteiger partial charge >= 0.3 is 29.6 Å². The minimum absolute atomic E-state index is 0. The van der Waals surface area contributed by atoms with Gasteiger partial charge in [0.2, 0.25) is 0 Å². The Balaban J connectivity index is -0.000000405. The Kier molecular flexibility index (Phi) is 6.25. The molecule has 0 bridgehead atoms. The Labute approximate surface area is 89.6 Å². The zero-order valence-electron chi connectivity index (χ0n) is 7.31. The van der Waals surface area contributed by atoms with E-state index in [1.54, 1.807) is 0 Å². The molecule has 0 atom stereocenters. The normalized spacial score (nSPS) is 12.2. The summed E-state index contributed by atoms with van der Waals surface area (Å²) in [6.45, 7) is 0. The van der Waals surface area contributed by atoms with Gasteiger partial charge in [0.1, 0.15) is 9.84 Å². The van der Waals surface area contributed by atoms with Crippen molar-refractivity contribution < 1.29 is 52.4 Å². The van der Waals surface area contributed by atoms with E-state index in [0.29, 0.717) is 0 Å². The predicted octanol–water partition coefficient (Wildman–Crippen LogP) is -3.96. The number of hydrogen-bond donors (Lipinski definition) is 1. The molecule has 5 nitrogen and oxygen atoms in total. The fourth-order valence-corrected chi connectivity index (χ4v) is 2.31. The monoisotopic (exact) mass is 212 g/mol. The van der Waals surface area contributed by atoms with Gasteiger partial charge in [0.15, 0.2) is 0 Å². The molecule has 0 unspecified atom stereocenters. The maximum atomic E-state index is 10.3. The van der Waals surface area contributed by atoms with Gasteiger partial charge in [-0.1, -0.05) is 0 Å². The molecule has 0 aliphatic heterocycles. The molecule has 0 rings (SSSR count). The van der Waals surface area contributed by atoms with Crippen LogP contribution in [-0.2, 0) is 20.0 Å². The average Bonchev–Trinajstić information content (AvgIpc) is 1.57. The summed E-state index contributed by atoms with van der Waals surface area (Å²) in [6.07, 6.45) is 0.901. The van der Waals surface area contributed by atoms with Crippen LogP contribution in [0.4, 0.5) is 0 Å². The molecule has 0 saturated heterocycles. The summed E-state index contributed by atoms with van der Waals surface area (Å²) in [5.41, 5.74) is 0. The number of rotatable bonds is 3. The molecule has 64 valence electrons. The molecule has 8 heteroatoms. The zero-order chi connectivity index (χ0) is 8.41. The van der Waals surface area contributed by atoms with E-state index in [9.17, 15) is 16.8 Å². The van der Waals surface area contributed by atoms with E-state index in [1.165, 1.54) is 0 Å². The fraction of sp³-hybridized carbons (Fsp3) is 1.00. The van der Waals surface area contributed by atoms with E-state index in [1.807, 2.05) is 0 Å². The predicted molar refractivity (Wildman–Crippen MR) is 37.2 cm³/mol. The summed E-state index contributed by atoms with van der Waals surface area (Å²) in [7, 11) is -7.43. The van der Waals surface area contributed by atoms with Gasteiger partial charge in [0, 0.05) is 6.26 Å². The Hall–Kier alpha value is 0.860. The molecular formula is C3H9NaO5S2. The first kappa shape index (κ1) is 14.4. The van der Waals surface area contributed by atoms with Crippen molar-refractivity contribution >= 4 is 20.0 Å². The second-order valence-corrected chi connectivity index (χ2v) is 5.75. The standard InChI is InChI=1S/C3H8O5S2.Na.H/c1-9(4,5)2-3-10(6,7)8;;/h2-3H2,1H3,(H,6,7,8);;/q;+1;-1. The van der Waals surface area contributed by atoms with Crippen LogP contribution in [0.25, 0.3) is 0 Å². The third-order valence-corrected chi connectivity index (χ3v) is 2.64. The van der Waals surface area contributed by atoms with Crippen LogP contribution < -0.4 is 29.6 Å². The largest absolute Gasteiger partial charge is 1.00 e. The average molecular weight is 212 g/mol. The van der Waals surface area contributed by atoms with E-state index < -0.39 is 31.5 Å². The van der Waals surface area contributed by atoms with Crippen molar-refractivity contribution in [3.05, 3.63) is 0 Å². The molecule has 11 heavy (non-hydrogen) atoms. The van der Waals surface area contributed by atoms with E-state index in [4.69, 9.17) is 4.55 Å². The zero-order valence-corrected chi connectivity index (χ0v) is 9.94. The summed E-state index contributed by atoms with van der Waals surface area (Å²) in [5.74, 6) is -1.27. The van der Waals surface area contributed by atoms with Crippen LogP contribution in [0.1, 0.15) is 1.43 Å². The molecule has 0 heterocycles. The molecule has 0 aromatic carbocycles. The minimum Gasteiger partial charge on any atom is -1.00 e. The molecule has 0 radical (unpaired) electrons. The molecular weight excluding hydrogens is 203 g/mol. The first-order chi connectivity index (χ1) is 4.21. The first-order valence-corrected chi connectivity index (χ1v) is 6.00. The molecule has 0 aromatic rings. The van der Waals surface area contributed by atoms with Gasteiger partial charge in [-0.15, -0.1) is 0 Å². The van der Waals surface area contributed by atoms with Crippen LogP contribution in [0.5, 0.6) is 0 Å². The summed E-state index contributed by atoms with van der Waals surface area (Å²) >= 11 is 0. The fourth-order valence-electron chi connectivity index (χ4n) is 0.257. The second-order valence-electron chi connectivity index (χ2n) is 1.92. The molecule has 0 amide bonds. The minimum atomic E-state index is -4.14. The topological polar surface area (TPSA) is 88.5 Å². The van der Waals surface area contributed by atoms with Gasteiger partial charge in [-0.25, -0.2) is 8.42 Å². The Morgan fingerprint density at radius 1 is 1.18 bits per heavy atom. The second kappa shape index (κ2) is 4.78. The maximum absolute atomic E-state index is 10.3. The smallest absolute Gasteiger partial charge is 1.00 e. The van der Waals surface area contributed by atoms with E-state index in [2.05, 4.69) is 0 Å². The van der Waals surface area contributed by atoms with E-state index in [0.717, 1.165) is 6.26 Å². The van der Waals surface area contributed by atoms with Crippen molar-refractivity contribution in [3.8, 4) is 0 Å². The summed E-state index contributed by atoms with van der Waals surface area (Å²) in [5, 5.41) is 0. The summed E-state index contributed by atoms with van der Waals surface area (Å²) in [6, 6.07) is 0. The third kappa shape index (κ3) is 13.8. The van der Waals surface area contributed by atoms with Gasteiger partial charge in [-0.3, -0.25) is 4.55 Å². The Morgan fingerprint density at radius 2 is 1.55 bits per heavy atom. The molecule has 1 N–H and O–H groups in total. The van der Waals surface area contributed by atoms with Gasteiger partial charge in [-0.2, -0.15) is 8.42 Å².